The Morgan fingerprint density at radius 3 is 2.36 bits per heavy atom. The van der Waals surface area contributed by atoms with Crippen molar-refractivity contribution in [3.05, 3.63) is 35.9 Å². The largest absolute Gasteiger partial charge is 0.445 e. The number of rotatable bonds is 7. The zero-order valence-corrected chi connectivity index (χ0v) is 13.6. The molecule has 0 aromatic heterocycles. The fourth-order valence-corrected chi connectivity index (χ4v) is 2.57. The third-order valence-electron chi connectivity index (χ3n) is 2.94. The molecule has 1 aromatic rings. The van der Waals surface area contributed by atoms with Crippen molar-refractivity contribution in [2.75, 3.05) is 7.11 Å². The zero-order chi connectivity index (χ0) is 16.8. The molecule has 0 aliphatic carbocycles. The number of hydrogen-bond acceptors (Lipinski definition) is 5. The summed E-state index contributed by atoms with van der Waals surface area (Å²) in [5, 5.41) is 2.30. The Balaban J connectivity index is 2.65. The summed E-state index contributed by atoms with van der Waals surface area (Å²) in [6.07, 6.45) is -0.841. The fraction of sp³-hybridized carbons (Fsp3) is 0.429. The minimum absolute atomic E-state index is 0.0345. The van der Waals surface area contributed by atoms with Gasteiger partial charge in [-0.3, -0.25) is 9.36 Å². The lowest BCUT2D eigenvalue weighted by Gasteiger charge is -2.22. The van der Waals surface area contributed by atoms with Gasteiger partial charge in [0.05, 0.1) is 0 Å². The molecular weight excluding hydrogens is 309 g/mol. The molecule has 122 valence electrons. The number of amides is 1. The van der Waals surface area contributed by atoms with Gasteiger partial charge in [-0.1, -0.05) is 44.2 Å². The maximum atomic E-state index is 11.9. The average Bonchev–Trinajstić information content (AvgIpc) is 2.50. The predicted octanol–water partition coefficient (Wildman–Crippen LogP) is 2.30. The van der Waals surface area contributed by atoms with Crippen molar-refractivity contribution in [3.63, 3.8) is 0 Å². The second-order valence-electron chi connectivity index (χ2n) is 4.97. The van der Waals surface area contributed by atoms with Gasteiger partial charge in [0, 0.05) is 7.11 Å². The molecule has 8 heteroatoms. The SMILES string of the molecule is COP(=O)(O)C(=O)[C@@H](NC(=O)OCc1ccccc1)C(C)C. The maximum absolute atomic E-state index is 11.9. The number of hydrogen-bond donors (Lipinski definition) is 2. The number of carbonyl (C=O) groups is 2. The Kier molecular flexibility index (Phi) is 6.74. The Morgan fingerprint density at radius 1 is 1.27 bits per heavy atom. The van der Waals surface area contributed by atoms with E-state index in [2.05, 4.69) is 9.84 Å². The van der Waals surface area contributed by atoms with Crippen molar-refractivity contribution in [2.24, 2.45) is 5.92 Å². The Morgan fingerprint density at radius 2 is 1.86 bits per heavy atom. The maximum Gasteiger partial charge on any atom is 0.408 e. The van der Waals surface area contributed by atoms with Gasteiger partial charge in [-0.2, -0.15) is 0 Å². The zero-order valence-electron chi connectivity index (χ0n) is 12.7. The molecule has 0 spiro atoms. The quantitative estimate of drug-likeness (QED) is 0.744. The van der Waals surface area contributed by atoms with Crippen molar-refractivity contribution in [1.82, 2.24) is 5.32 Å². The van der Waals surface area contributed by atoms with Gasteiger partial charge in [0.25, 0.3) is 5.52 Å². The van der Waals surface area contributed by atoms with Crippen LogP contribution in [0.5, 0.6) is 0 Å². The summed E-state index contributed by atoms with van der Waals surface area (Å²) < 4.78 is 20.9. The van der Waals surface area contributed by atoms with Crippen molar-refractivity contribution in [1.29, 1.82) is 0 Å². The Labute approximate surface area is 129 Å². The Bertz CT molecular complexity index is 560. The first-order valence-corrected chi connectivity index (χ1v) is 8.26. The lowest BCUT2D eigenvalue weighted by Crippen LogP contribution is -2.44. The highest BCUT2D eigenvalue weighted by molar-refractivity contribution is 7.71. The summed E-state index contributed by atoms with van der Waals surface area (Å²) in [5.74, 6) is -0.396. The van der Waals surface area contributed by atoms with Crippen LogP contribution in [-0.2, 0) is 25.2 Å². The Hall–Kier alpha value is -1.69. The van der Waals surface area contributed by atoms with Gasteiger partial charge in [-0.15, -0.1) is 0 Å². The van der Waals surface area contributed by atoms with E-state index in [1.165, 1.54) is 0 Å². The summed E-state index contributed by atoms with van der Waals surface area (Å²) in [6.45, 7) is 3.30. The van der Waals surface area contributed by atoms with Crippen LogP contribution >= 0.6 is 7.60 Å². The van der Waals surface area contributed by atoms with Crippen LogP contribution in [0.1, 0.15) is 19.4 Å². The predicted molar refractivity (Wildman–Crippen MR) is 80.2 cm³/mol. The minimum Gasteiger partial charge on any atom is -0.445 e. The highest BCUT2D eigenvalue weighted by Gasteiger charge is 2.38. The van der Waals surface area contributed by atoms with Crippen molar-refractivity contribution in [3.8, 4) is 0 Å². The van der Waals surface area contributed by atoms with E-state index in [1.807, 2.05) is 6.07 Å². The summed E-state index contributed by atoms with van der Waals surface area (Å²) in [7, 11) is -3.45. The molecule has 0 heterocycles. The van der Waals surface area contributed by atoms with E-state index in [9.17, 15) is 19.0 Å². The lowest BCUT2D eigenvalue weighted by molar-refractivity contribution is -0.116. The van der Waals surface area contributed by atoms with Crippen molar-refractivity contribution < 1.29 is 28.3 Å². The minimum atomic E-state index is -4.42. The van der Waals surface area contributed by atoms with E-state index in [-0.39, 0.29) is 6.61 Å². The molecular formula is C14H20NO6P. The molecule has 7 nitrogen and oxygen atoms in total. The molecule has 1 rings (SSSR count). The van der Waals surface area contributed by atoms with E-state index in [1.54, 1.807) is 38.1 Å². The highest BCUT2D eigenvalue weighted by atomic mass is 31.2. The first kappa shape index (κ1) is 18.4. The van der Waals surface area contributed by atoms with E-state index in [0.29, 0.717) is 0 Å². The summed E-state index contributed by atoms with van der Waals surface area (Å²) >= 11 is 0. The number of alkyl carbamates (subject to hydrolysis) is 1. The van der Waals surface area contributed by atoms with Gasteiger partial charge in [0.15, 0.2) is 0 Å². The molecule has 0 fully saturated rings. The van der Waals surface area contributed by atoms with Crippen LogP contribution in [0.3, 0.4) is 0 Å². The molecule has 0 saturated heterocycles. The summed E-state index contributed by atoms with van der Waals surface area (Å²) in [6, 6.07) is 7.84. The monoisotopic (exact) mass is 329 g/mol. The summed E-state index contributed by atoms with van der Waals surface area (Å²) in [4.78, 5) is 33.1. The average molecular weight is 329 g/mol. The van der Waals surface area contributed by atoms with Crippen LogP contribution < -0.4 is 5.32 Å². The third kappa shape index (κ3) is 5.26. The smallest absolute Gasteiger partial charge is 0.408 e. The summed E-state index contributed by atoms with van der Waals surface area (Å²) in [5.41, 5.74) is -0.281. The van der Waals surface area contributed by atoms with Gasteiger partial charge in [0.2, 0.25) is 0 Å². The third-order valence-corrected chi connectivity index (χ3v) is 4.27. The fourth-order valence-electron chi connectivity index (χ4n) is 1.67. The molecule has 0 aliphatic rings. The molecule has 22 heavy (non-hydrogen) atoms. The number of benzene rings is 1. The molecule has 0 aliphatic heterocycles. The molecule has 0 bridgehead atoms. The van der Waals surface area contributed by atoms with Crippen molar-refractivity contribution >= 4 is 19.2 Å². The second-order valence-corrected chi connectivity index (χ2v) is 6.82. The first-order valence-electron chi connectivity index (χ1n) is 6.68. The van der Waals surface area contributed by atoms with E-state index in [0.717, 1.165) is 12.7 Å². The molecule has 0 saturated carbocycles. The van der Waals surface area contributed by atoms with Crippen LogP contribution in [-0.4, -0.2) is 29.7 Å². The van der Waals surface area contributed by atoms with Crippen LogP contribution in [0, 0.1) is 5.92 Å². The van der Waals surface area contributed by atoms with Crippen LogP contribution in [0.4, 0.5) is 4.79 Å². The molecule has 1 amide bonds. The number of ether oxygens (including phenoxy) is 1. The molecule has 0 radical (unpaired) electrons. The first-order chi connectivity index (χ1) is 10.3. The van der Waals surface area contributed by atoms with Crippen LogP contribution in [0.25, 0.3) is 0 Å². The van der Waals surface area contributed by atoms with E-state index in [4.69, 9.17) is 4.74 Å². The van der Waals surface area contributed by atoms with Gasteiger partial charge in [-0.05, 0) is 11.5 Å². The number of nitrogens with one attached hydrogen (secondary N) is 1. The lowest BCUT2D eigenvalue weighted by atomic mass is 10.1. The van der Waals surface area contributed by atoms with Crippen molar-refractivity contribution in [2.45, 2.75) is 26.5 Å². The standard InChI is InChI=1S/C14H20NO6P/c1-10(2)12(13(16)22(18,19)20-3)15-14(17)21-9-11-7-5-4-6-8-11/h4-8,10,12H,9H2,1-3H3,(H,15,17)(H,18,19)/t12-/m0/s1. The topological polar surface area (TPSA) is 102 Å². The van der Waals surface area contributed by atoms with Gasteiger partial charge < -0.3 is 19.5 Å². The molecule has 2 N–H and O–H groups in total. The molecule has 1 aromatic carbocycles. The molecule has 2 atom stereocenters. The normalized spacial score (nSPS) is 15.0. The second kappa shape index (κ2) is 8.08. The van der Waals surface area contributed by atoms with Gasteiger partial charge >= 0.3 is 13.7 Å². The van der Waals surface area contributed by atoms with E-state index >= 15 is 0 Å². The molecule has 1 unspecified atom stereocenters. The van der Waals surface area contributed by atoms with Crippen LogP contribution in [0.2, 0.25) is 0 Å². The van der Waals surface area contributed by atoms with E-state index < -0.39 is 31.2 Å². The number of carbonyl (C=O) groups excluding carboxylic acids is 2. The van der Waals surface area contributed by atoms with Crippen LogP contribution in [0.15, 0.2) is 30.3 Å². The van der Waals surface area contributed by atoms with Gasteiger partial charge in [-0.25, -0.2) is 4.79 Å². The highest BCUT2D eigenvalue weighted by Crippen LogP contribution is 2.43. The van der Waals surface area contributed by atoms with Gasteiger partial charge in [0.1, 0.15) is 12.6 Å².